The third kappa shape index (κ3) is 1.57. The van der Waals surface area contributed by atoms with Crippen LogP contribution in [0.5, 0.6) is 0 Å². The highest BCUT2D eigenvalue weighted by molar-refractivity contribution is 5.79. The average molecular weight is 206 g/mol. The van der Waals surface area contributed by atoms with Crippen LogP contribution in [0.15, 0.2) is 30.6 Å². The number of hydrogen-bond donors (Lipinski definition) is 1. The predicted octanol–water partition coefficient (Wildman–Crippen LogP) is 0.541. The summed E-state index contributed by atoms with van der Waals surface area (Å²) in [6.07, 6.45) is 1.91. The Hall–Kier alpha value is -1.88. The number of fused-ring (bicyclic) bond motifs is 1. The number of rotatable bonds is 2. The highest BCUT2D eigenvalue weighted by Crippen LogP contribution is 2.19. The summed E-state index contributed by atoms with van der Waals surface area (Å²) in [6, 6.07) is 5.40. The number of aliphatic hydroxyl groups is 1. The second kappa shape index (κ2) is 3.70. The Kier molecular flexibility index (Phi) is 2.39. The maximum absolute atomic E-state index is 11.1. The summed E-state index contributed by atoms with van der Waals surface area (Å²) in [7, 11) is 1.23. The van der Waals surface area contributed by atoms with E-state index in [0.717, 1.165) is 0 Å². The van der Waals surface area contributed by atoms with Gasteiger partial charge in [-0.25, -0.2) is 9.31 Å². The largest absolute Gasteiger partial charge is 0.467 e. The number of ether oxygens (including phenoxy) is 1. The van der Waals surface area contributed by atoms with Crippen molar-refractivity contribution in [3.05, 3.63) is 36.2 Å². The maximum Gasteiger partial charge on any atom is 0.339 e. The molecule has 0 aliphatic heterocycles. The van der Waals surface area contributed by atoms with Gasteiger partial charge in [0.25, 0.3) is 0 Å². The van der Waals surface area contributed by atoms with Gasteiger partial charge in [-0.05, 0) is 12.1 Å². The lowest BCUT2D eigenvalue weighted by Gasteiger charge is -2.05. The van der Waals surface area contributed by atoms with Crippen molar-refractivity contribution < 1.29 is 14.6 Å². The summed E-state index contributed by atoms with van der Waals surface area (Å²) in [6.45, 7) is 0. The van der Waals surface area contributed by atoms with Crippen molar-refractivity contribution in [3.63, 3.8) is 0 Å². The summed E-state index contributed by atoms with van der Waals surface area (Å²) in [5.41, 5.74) is 1.14. The molecule has 0 spiro atoms. The molecule has 0 aliphatic carbocycles. The monoisotopic (exact) mass is 206 g/mol. The van der Waals surface area contributed by atoms with Crippen LogP contribution in [0.3, 0.4) is 0 Å². The van der Waals surface area contributed by atoms with E-state index in [-0.39, 0.29) is 0 Å². The molecule has 0 saturated heterocycles. The first-order valence-corrected chi connectivity index (χ1v) is 4.42. The van der Waals surface area contributed by atoms with Crippen LogP contribution >= 0.6 is 0 Å². The Morgan fingerprint density at radius 3 is 3.13 bits per heavy atom. The fraction of sp³-hybridized carbons (Fsp3) is 0.200. The fourth-order valence-electron chi connectivity index (χ4n) is 1.40. The van der Waals surface area contributed by atoms with E-state index >= 15 is 0 Å². The minimum absolute atomic E-state index is 0.447. The molecule has 0 saturated carbocycles. The molecule has 0 aliphatic rings. The van der Waals surface area contributed by atoms with Gasteiger partial charge in [0.05, 0.1) is 18.8 Å². The number of carbonyl (C=O) groups is 1. The van der Waals surface area contributed by atoms with Crippen LogP contribution < -0.4 is 0 Å². The van der Waals surface area contributed by atoms with Crippen LogP contribution in [0.1, 0.15) is 11.7 Å². The molecule has 2 heterocycles. The number of esters is 1. The van der Waals surface area contributed by atoms with Gasteiger partial charge in [-0.15, -0.1) is 0 Å². The first-order valence-electron chi connectivity index (χ1n) is 4.42. The van der Waals surface area contributed by atoms with E-state index in [0.29, 0.717) is 11.1 Å². The van der Waals surface area contributed by atoms with Crippen LogP contribution in [-0.2, 0) is 9.53 Å². The van der Waals surface area contributed by atoms with Crippen molar-refractivity contribution >= 4 is 11.5 Å². The number of aliphatic hydroxyl groups excluding tert-OH is 1. The van der Waals surface area contributed by atoms with E-state index in [9.17, 15) is 9.90 Å². The molecule has 0 radical (unpaired) electrons. The number of aromatic nitrogens is 2. The van der Waals surface area contributed by atoms with Gasteiger partial charge in [0.15, 0.2) is 6.10 Å². The van der Waals surface area contributed by atoms with Crippen LogP contribution in [0.2, 0.25) is 0 Å². The lowest BCUT2D eigenvalue weighted by Crippen LogP contribution is -2.13. The Morgan fingerprint density at radius 1 is 1.60 bits per heavy atom. The Morgan fingerprint density at radius 2 is 2.40 bits per heavy atom. The third-order valence-electron chi connectivity index (χ3n) is 2.18. The zero-order valence-electron chi connectivity index (χ0n) is 8.12. The van der Waals surface area contributed by atoms with Gasteiger partial charge in [-0.3, -0.25) is 0 Å². The normalized spacial score (nSPS) is 12.7. The molecule has 1 unspecified atom stereocenters. The fourth-order valence-corrected chi connectivity index (χ4v) is 1.40. The molecule has 0 aromatic carbocycles. The van der Waals surface area contributed by atoms with Gasteiger partial charge >= 0.3 is 5.97 Å². The first kappa shape index (κ1) is 9.67. The summed E-state index contributed by atoms with van der Waals surface area (Å²) in [5.74, 6) is -0.686. The average Bonchev–Trinajstić information content (AvgIpc) is 2.70. The number of hydrogen-bond acceptors (Lipinski definition) is 4. The summed E-state index contributed by atoms with van der Waals surface area (Å²) >= 11 is 0. The molecule has 0 fully saturated rings. The highest BCUT2D eigenvalue weighted by atomic mass is 16.5. The molecular formula is C10H10N2O3. The summed E-state index contributed by atoms with van der Waals surface area (Å²) in [4.78, 5) is 11.1. The predicted molar refractivity (Wildman–Crippen MR) is 52.2 cm³/mol. The van der Waals surface area contributed by atoms with E-state index in [1.807, 2.05) is 12.1 Å². The molecule has 2 aromatic heterocycles. The molecule has 2 aromatic rings. The van der Waals surface area contributed by atoms with E-state index < -0.39 is 12.1 Å². The van der Waals surface area contributed by atoms with Gasteiger partial charge in [-0.2, -0.15) is 5.10 Å². The van der Waals surface area contributed by atoms with E-state index in [1.54, 1.807) is 16.8 Å². The van der Waals surface area contributed by atoms with Gasteiger partial charge in [0.1, 0.15) is 0 Å². The Balaban J connectivity index is 2.48. The standard InChI is InChI=1S/C10H10N2O3/c1-15-10(14)9(13)7-6-11-12-5-3-2-4-8(7)12/h2-6,9,13H,1H3. The lowest BCUT2D eigenvalue weighted by molar-refractivity contribution is -0.150. The topological polar surface area (TPSA) is 63.8 Å². The summed E-state index contributed by atoms with van der Waals surface area (Å²) < 4.78 is 6.04. The minimum Gasteiger partial charge on any atom is -0.467 e. The number of carbonyl (C=O) groups excluding carboxylic acids is 1. The third-order valence-corrected chi connectivity index (χ3v) is 2.18. The second-order valence-electron chi connectivity index (χ2n) is 3.06. The smallest absolute Gasteiger partial charge is 0.339 e. The first-order chi connectivity index (χ1) is 7.24. The van der Waals surface area contributed by atoms with Crippen LogP contribution in [0.4, 0.5) is 0 Å². The minimum atomic E-state index is -1.28. The molecule has 78 valence electrons. The van der Waals surface area contributed by atoms with Gasteiger partial charge in [-0.1, -0.05) is 6.07 Å². The molecule has 5 heteroatoms. The molecule has 0 bridgehead atoms. The van der Waals surface area contributed by atoms with Crippen molar-refractivity contribution in [2.45, 2.75) is 6.10 Å². The molecule has 5 nitrogen and oxygen atoms in total. The lowest BCUT2D eigenvalue weighted by atomic mass is 10.1. The van der Waals surface area contributed by atoms with Crippen molar-refractivity contribution in [3.8, 4) is 0 Å². The van der Waals surface area contributed by atoms with Crippen LogP contribution in [-0.4, -0.2) is 27.8 Å². The molecule has 2 rings (SSSR count). The summed E-state index contributed by atoms with van der Waals surface area (Å²) in [5, 5.41) is 13.7. The molecule has 1 atom stereocenters. The van der Waals surface area contributed by atoms with Crippen LogP contribution in [0, 0.1) is 0 Å². The molecule has 0 amide bonds. The van der Waals surface area contributed by atoms with Crippen molar-refractivity contribution in [2.75, 3.05) is 7.11 Å². The number of pyridine rings is 1. The van der Waals surface area contributed by atoms with Gasteiger partial charge in [0, 0.05) is 11.8 Å². The van der Waals surface area contributed by atoms with Crippen molar-refractivity contribution in [1.82, 2.24) is 9.61 Å². The van der Waals surface area contributed by atoms with Crippen molar-refractivity contribution in [2.24, 2.45) is 0 Å². The Labute approximate surface area is 85.9 Å². The number of nitrogens with zero attached hydrogens (tertiary/aromatic N) is 2. The van der Waals surface area contributed by atoms with Gasteiger partial charge in [0.2, 0.25) is 0 Å². The van der Waals surface area contributed by atoms with Crippen LogP contribution in [0.25, 0.3) is 5.52 Å². The van der Waals surface area contributed by atoms with E-state index in [4.69, 9.17) is 0 Å². The highest BCUT2D eigenvalue weighted by Gasteiger charge is 2.21. The van der Waals surface area contributed by atoms with E-state index in [2.05, 4.69) is 9.84 Å². The number of methoxy groups -OCH3 is 1. The Bertz CT molecular complexity index is 492. The second-order valence-corrected chi connectivity index (χ2v) is 3.06. The zero-order valence-corrected chi connectivity index (χ0v) is 8.12. The quantitative estimate of drug-likeness (QED) is 0.728. The molecule has 1 N–H and O–H groups in total. The zero-order chi connectivity index (χ0) is 10.8. The van der Waals surface area contributed by atoms with E-state index in [1.165, 1.54) is 13.3 Å². The molecule has 15 heavy (non-hydrogen) atoms. The van der Waals surface area contributed by atoms with Crippen molar-refractivity contribution in [1.29, 1.82) is 0 Å². The SMILES string of the molecule is COC(=O)C(O)c1cnn2ccccc12. The van der Waals surface area contributed by atoms with Gasteiger partial charge < -0.3 is 9.84 Å². The molecular weight excluding hydrogens is 196 g/mol. The maximum atomic E-state index is 11.1.